The van der Waals surface area contributed by atoms with E-state index in [1.54, 1.807) is 11.3 Å². The van der Waals surface area contributed by atoms with Crippen LogP contribution in [0, 0.1) is 5.92 Å². The van der Waals surface area contributed by atoms with Crippen LogP contribution in [0.2, 0.25) is 0 Å². The number of amides is 1. The lowest BCUT2D eigenvalue weighted by atomic mass is 9.95. The van der Waals surface area contributed by atoms with E-state index in [4.69, 9.17) is 4.52 Å². The molecule has 1 N–H and O–H groups in total. The summed E-state index contributed by atoms with van der Waals surface area (Å²) in [5, 5.41) is 9.14. The van der Waals surface area contributed by atoms with E-state index in [0.717, 1.165) is 55.3 Å². The van der Waals surface area contributed by atoms with Gasteiger partial charge in [0.15, 0.2) is 11.5 Å². The fourth-order valence-corrected chi connectivity index (χ4v) is 4.48. The second kappa shape index (κ2) is 6.69. The summed E-state index contributed by atoms with van der Waals surface area (Å²) in [5.41, 5.74) is 2.54. The molecular weight excluding hydrogens is 322 g/mol. The van der Waals surface area contributed by atoms with Gasteiger partial charge in [-0.2, -0.15) is 0 Å². The van der Waals surface area contributed by atoms with Gasteiger partial charge in [0.2, 0.25) is 0 Å². The first-order valence-electron chi connectivity index (χ1n) is 8.78. The average molecular weight is 345 g/mol. The summed E-state index contributed by atoms with van der Waals surface area (Å²) < 4.78 is 5.49. The largest absolute Gasteiger partial charge is 0.355 e. The first-order chi connectivity index (χ1) is 11.7. The molecule has 1 amide bonds. The molecule has 2 aliphatic rings. The number of nitrogens with zero attached hydrogens (tertiary/aromatic N) is 2. The van der Waals surface area contributed by atoms with Gasteiger partial charge in [-0.1, -0.05) is 12.1 Å². The highest BCUT2D eigenvalue weighted by atomic mass is 32.1. The smallest absolute Gasteiger partial charge is 0.273 e. The zero-order valence-corrected chi connectivity index (χ0v) is 14.8. The van der Waals surface area contributed by atoms with Crippen molar-refractivity contribution in [2.45, 2.75) is 32.6 Å². The second-order valence-electron chi connectivity index (χ2n) is 6.88. The molecule has 1 fully saturated rings. The predicted molar refractivity (Wildman–Crippen MR) is 94.4 cm³/mol. The van der Waals surface area contributed by atoms with Crippen LogP contribution < -0.4 is 5.32 Å². The van der Waals surface area contributed by atoms with E-state index >= 15 is 0 Å². The molecule has 6 heteroatoms. The van der Waals surface area contributed by atoms with Crippen LogP contribution in [0.5, 0.6) is 0 Å². The summed E-state index contributed by atoms with van der Waals surface area (Å²) in [6, 6.07) is 2.06. The quantitative estimate of drug-likeness (QED) is 0.925. The lowest BCUT2D eigenvalue weighted by Gasteiger charge is -2.30. The number of carbonyl (C=O) groups excluding carboxylic acids is 1. The van der Waals surface area contributed by atoms with Gasteiger partial charge in [-0.3, -0.25) is 4.79 Å². The highest BCUT2D eigenvalue weighted by molar-refractivity contribution is 7.10. The summed E-state index contributed by atoms with van der Waals surface area (Å²) in [7, 11) is 0. The number of hydrogen-bond donors (Lipinski definition) is 1. The third-order valence-corrected chi connectivity index (χ3v) is 6.17. The van der Waals surface area contributed by atoms with Crippen molar-refractivity contribution in [3.63, 3.8) is 0 Å². The normalized spacial score (nSPS) is 18.2. The van der Waals surface area contributed by atoms with Gasteiger partial charge >= 0.3 is 0 Å². The minimum atomic E-state index is -0.107. The van der Waals surface area contributed by atoms with Gasteiger partial charge in [0.1, 0.15) is 0 Å². The van der Waals surface area contributed by atoms with Gasteiger partial charge < -0.3 is 14.7 Å². The molecule has 0 aromatic carbocycles. The number of likely N-dealkylation sites (tertiary alicyclic amines) is 1. The molecule has 5 nitrogen and oxygen atoms in total. The van der Waals surface area contributed by atoms with E-state index in [1.165, 1.54) is 17.7 Å². The van der Waals surface area contributed by atoms with Gasteiger partial charge in [0, 0.05) is 29.1 Å². The first-order valence-corrected chi connectivity index (χ1v) is 9.66. The Balaban J connectivity index is 1.36. The molecular formula is C18H23N3O2S. The minimum Gasteiger partial charge on any atom is -0.355 e. The molecule has 0 bridgehead atoms. The monoisotopic (exact) mass is 345 g/mol. The molecule has 0 atom stereocenters. The summed E-state index contributed by atoms with van der Waals surface area (Å²) in [6.45, 7) is 6.16. The van der Waals surface area contributed by atoms with Crippen LogP contribution in [-0.4, -0.2) is 42.1 Å². The zero-order chi connectivity index (χ0) is 16.5. The number of aromatic nitrogens is 1. The Morgan fingerprint density at radius 1 is 1.42 bits per heavy atom. The highest BCUT2D eigenvalue weighted by Crippen LogP contribution is 2.37. The Hall–Kier alpha value is -1.66. The number of nitrogens with one attached hydrogen (secondary N) is 1. The van der Waals surface area contributed by atoms with Crippen LogP contribution in [0.3, 0.4) is 0 Å². The molecule has 1 aliphatic heterocycles. The SMILES string of the molecule is CC1CCN(CCNC(=O)c2noc3c2CCc2sccc2-3)CC1. The van der Waals surface area contributed by atoms with Crippen LogP contribution in [0.15, 0.2) is 16.0 Å². The number of carbonyl (C=O) groups is 1. The Morgan fingerprint density at radius 3 is 3.08 bits per heavy atom. The molecule has 2 aromatic heterocycles. The maximum Gasteiger partial charge on any atom is 0.273 e. The third kappa shape index (κ3) is 3.00. The molecule has 128 valence electrons. The molecule has 3 heterocycles. The molecule has 4 rings (SSSR count). The lowest BCUT2D eigenvalue weighted by molar-refractivity contribution is 0.0934. The number of hydrogen-bond acceptors (Lipinski definition) is 5. The second-order valence-corrected chi connectivity index (χ2v) is 7.88. The Morgan fingerprint density at radius 2 is 2.25 bits per heavy atom. The van der Waals surface area contributed by atoms with E-state index in [1.807, 2.05) is 0 Å². The van der Waals surface area contributed by atoms with E-state index < -0.39 is 0 Å². The van der Waals surface area contributed by atoms with Gasteiger partial charge in [0.05, 0.1) is 0 Å². The maximum atomic E-state index is 12.5. The van der Waals surface area contributed by atoms with E-state index in [-0.39, 0.29) is 5.91 Å². The Labute approximate surface area is 146 Å². The van der Waals surface area contributed by atoms with E-state index in [2.05, 4.69) is 33.7 Å². The topological polar surface area (TPSA) is 58.4 Å². The van der Waals surface area contributed by atoms with Crippen LogP contribution in [0.4, 0.5) is 0 Å². The minimum absolute atomic E-state index is 0.107. The third-order valence-electron chi connectivity index (χ3n) is 5.19. The predicted octanol–water partition coefficient (Wildman–Crippen LogP) is 2.96. The van der Waals surface area contributed by atoms with Crippen LogP contribution in [0.25, 0.3) is 11.3 Å². The fraction of sp³-hybridized carbons (Fsp3) is 0.556. The van der Waals surface area contributed by atoms with Crippen LogP contribution in [-0.2, 0) is 12.8 Å². The summed E-state index contributed by atoms with van der Waals surface area (Å²) in [4.78, 5) is 16.2. The highest BCUT2D eigenvalue weighted by Gasteiger charge is 2.28. The zero-order valence-electron chi connectivity index (χ0n) is 14.0. The van der Waals surface area contributed by atoms with Gasteiger partial charge in [-0.05, 0) is 56.1 Å². The molecule has 0 spiro atoms. The molecule has 24 heavy (non-hydrogen) atoms. The van der Waals surface area contributed by atoms with Crippen molar-refractivity contribution >= 4 is 17.2 Å². The Bertz CT molecular complexity index is 728. The molecule has 1 saturated heterocycles. The summed E-state index contributed by atoms with van der Waals surface area (Å²) >= 11 is 1.74. The van der Waals surface area contributed by atoms with Crippen molar-refractivity contribution in [2.75, 3.05) is 26.2 Å². The Kier molecular flexibility index (Phi) is 4.41. The lowest BCUT2D eigenvalue weighted by Crippen LogP contribution is -2.39. The maximum absolute atomic E-state index is 12.5. The standard InChI is InChI=1S/C18H23N3O2S/c1-12-4-8-21(9-5-12)10-7-19-18(22)16-14-2-3-15-13(6-11-24-15)17(14)23-20-16/h6,11-12H,2-5,7-10H2,1H3,(H,19,22). The molecule has 0 unspecified atom stereocenters. The van der Waals surface area contributed by atoms with Crippen LogP contribution in [0.1, 0.15) is 40.7 Å². The fourth-order valence-electron chi connectivity index (χ4n) is 3.60. The van der Waals surface area contributed by atoms with Gasteiger partial charge in [-0.15, -0.1) is 11.3 Å². The number of fused-ring (bicyclic) bond motifs is 3. The molecule has 0 saturated carbocycles. The summed E-state index contributed by atoms with van der Waals surface area (Å²) in [6.07, 6.45) is 4.31. The first kappa shape index (κ1) is 15.8. The van der Waals surface area contributed by atoms with Crippen molar-refractivity contribution in [1.29, 1.82) is 0 Å². The van der Waals surface area contributed by atoms with Gasteiger partial charge in [-0.25, -0.2) is 0 Å². The van der Waals surface area contributed by atoms with Crippen LogP contribution >= 0.6 is 11.3 Å². The van der Waals surface area contributed by atoms with Crippen molar-refractivity contribution in [3.05, 3.63) is 27.6 Å². The molecule has 2 aromatic rings. The number of aryl methyl sites for hydroxylation is 1. The average Bonchev–Trinajstić information content (AvgIpc) is 3.22. The molecule has 0 radical (unpaired) electrons. The van der Waals surface area contributed by atoms with E-state index in [9.17, 15) is 4.79 Å². The van der Waals surface area contributed by atoms with Crippen molar-refractivity contribution in [3.8, 4) is 11.3 Å². The van der Waals surface area contributed by atoms with Gasteiger partial charge in [0.25, 0.3) is 5.91 Å². The van der Waals surface area contributed by atoms with Crippen molar-refractivity contribution < 1.29 is 9.32 Å². The van der Waals surface area contributed by atoms with Crippen molar-refractivity contribution in [2.24, 2.45) is 5.92 Å². The number of rotatable bonds is 4. The number of thiophene rings is 1. The van der Waals surface area contributed by atoms with E-state index in [0.29, 0.717) is 12.2 Å². The molecule has 1 aliphatic carbocycles. The van der Waals surface area contributed by atoms with Crippen molar-refractivity contribution in [1.82, 2.24) is 15.4 Å². The summed E-state index contributed by atoms with van der Waals surface area (Å²) in [5.74, 6) is 1.51. The number of piperidine rings is 1.